The van der Waals surface area contributed by atoms with Gasteiger partial charge in [-0.25, -0.2) is 4.79 Å². The molecule has 0 amide bonds. The highest BCUT2D eigenvalue weighted by molar-refractivity contribution is 6.33. The third-order valence-electron chi connectivity index (χ3n) is 1.93. The predicted octanol–water partition coefficient (Wildman–Crippen LogP) is 1.55. The Morgan fingerprint density at radius 2 is 2.13 bits per heavy atom. The molecule has 5 heteroatoms. The third kappa shape index (κ3) is 2.40. The molecule has 1 rings (SSSR count). The highest BCUT2D eigenvalue weighted by atomic mass is 35.5. The number of ether oxygens (including phenoxy) is 2. The maximum atomic E-state index is 11.1. The van der Waals surface area contributed by atoms with Crippen LogP contribution in [0.4, 0.5) is 0 Å². The lowest BCUT2D eigenvalue weighted by atomic mass is 10.1. The molecule has 1 aromatic rings. The number of aliphatic hydroxyl groups is 1. The number of hydrogen-bond donors (Lipinski definition) is 1. The van der Waals surface area contributed by atoms with Gasteiger partial charge in [-0.05, 0) is 6.07 Å². The van der Waals surface area contributed by atoms with E-state index in [4.69, 9.17) is 16.3 Å². The number of rotatable bonds is 3. The second kappa shape index (κ2) is 5.00. The first-order chi connectivity index (χ1) is 7.11. The van der Waals surface area contributed by atoms with E-state index >= 15 is 0 Å². The average molecular weight is 231 g/mol. The van der Waals surface area contributed by atoms with Crippen molar-refractivity contribution >= 4 is 17.6 Å². The van der Waals surface area contributed by atoms with Crippen molar-refractivity contribution in [2.24, 2.45) is 0 Å². The highest BCUT2D eigenvalue weighted by Crippen LogP contribution is 2.32. The van der Waals surface area contributed by atoms with Crippen molar-refractivity contribution in [1.29, 1.82) is 0 Å². The molecule has 0 aliphatic rings. The van der Waals surface area contributed by atoms with Crippen LogP contribution in [0.15, 0.2) is 18.2 Å². The lowest BCUT2D eigenvalue weighted by Crippen LogP contribution is -2.14. The van der Waals surface area contributed by atoms with Gasteiger partial charge in [0.2, 0.25) is 0 Å². The van der Waals surface area contributed by atoms with Crippen molar-refractivity contribution in [1.82, 2.24) is 0 Å². The summed E-state index contributed by atoms with van der Waals surface area (Å²) >= 11 is 5.91. The molecule has 4 nitrogen and oxygen atoms in total. The number of methoxy groups -OCH3 is 2. The Morgan fingerprint density at radius 3 is 2.67 bits per heavy atom. The van der Waals surface area contributed by atoms with Crippen molar-refractivity contribution in [3.05, 3.63) is 28.8 Å². The minimum Gasteiger partial charge on any atom is -0.495 e. The molecule has 1 atom stereocenters. The normalized spacial score (nSPS) is 12.0. The van der Waals surface area contributed by atoms with E-state index in [1.54, 1.807) is 12.1 Å². The molecule has 0 fully saturated rings. The van der Waals surface area contributed by atoms with Crippen LogP contribution in [0.3, 0.4) is 0 Å². The largest absolute Gasteiger partial charge is 0.495 e. The molecule has 1 N–H and O–H groups in total. The van der Waals surface area contributed by atoms with Gasteiger partial charge in [-0.3, -0.25) is 0 Å². The molecule has 0 aliphatic heterocycles. The number of halogens is 1. The average Bonchev–Trinajstić information content (AvgIpc) is 2.27. The van der Waals surface area contributed by atoms with Crippen LogP contribution in [-0.2, 0) is 9.53 Å². The molecule has 0 bridgehead atoms. The Hall–Kier alpha value is -1.26. The Morgan fingerprint density at radius 1 is 1.47 bits per heavy atom. The molecule has 0 radical (unpaired) electrons. The number of esters is 1. The zero-order chi connectivity index (χ0) is 11.4. The van der Waals surface area contributed by atoms with Crippen LogP contribution in [0.5, 0.6) is 5.75 Å². The molecule has 0 saturated carbocycles. The van der Waals surface area contributed by atoms with Gasteiger partial charge in [-0.2, -0.15) is 0 Å². The van der Waals surface area contributed by atoms with Crippen LogP contribution in [0, 0.1) is 0 Å². The van der Waals surface area contributed by atoms with E-state index < -0.39 is 12.1 Å². The van der Waals surface area contributed by atoms with E-state index in [-0.39, 0.29) is 10.6 Å². The van der Waals surface area contributed by atoms with Crippen LogP contribution < -0.4 is 4.74 Å². The van der Waals surface area contributed by atoms with E-state index in [9.17, 15) is 9.90 Å². The molecule has 0 aromatic heterocycles. The Kier molecular flexibility index (Phi) is 3.94. The molecule has 0 aliphatic carbocycles. The second-order valence-electron chi connectivity index (χ2n) is 2.79. The van der Waals surface area contributed by atoms with Crippen LogP contribution >= 0.6 is 11.6 Å². The third-order valence-corrected chi connectivity index (χ3v) is 2.34. The quantitative estimate of drug-likeness (QED) is 0.801. The Labute approximate surface area is 92.4 Å². The predicted molar refractivity (Wildman–Crippen MR) is 55.0 cm³/mol. The van der Waals surface area contributed by atoms with E-state index in [1.807, 2.05) is 0 Å². The fourth-order valence-electron chi connectivity index (χ4n) is 1.14. The van der Waals surface area contributed by atoms with E-state index in [0.29, 0.717) is 5.75 Å². The summed E-state index contributed by atoms with van der Waals surface area (Å²) < 4.78 is 9.36. The SMILES string of the molecule is COC(=O)C(O)c1cccc(OC)c1Cl. The molecule has 0 saturated heterocycles. The summed E-state index contributed by atoms with van der Waals surface area (Å²) in [5.74, 6) is -0.359. The summed E-state index contributed by atoms with van der Waals surface area (Å²) in [5.41, 5.74) is 0.267. The van der Waals surface area contributed by atoms with Gasteiger partial charge in [-0.15, -0.1) is 0 Å². The van der Waals surface area contributed by atoms with Crippen LogP contribution in [0.25, 0.3) is 0 Å². The fourth-order valence-corrected chi connectivity index (χ4v) is 1.44. The minimum absolute atomic E-state index is 0.206. The molecule has 0 spiro atoms. The summed E-state index contributed by atoms with van der Waals surface area (Å²) in [6.07, 6.45) is -1.39. The van der Waals surface area contributed by atoms with Crippen LogP contribution in [0.1, 0.15) is 11.7 Å². The number of hydrogen-bond acceptors (Lipinski definition) is 4. The molecule has 0 heterocycles. The van der Waals surface area contributed by atoms with E-state index in [2.05, 4.69) is 4.74 Å². The lowest BCUT2D eigenvalue weighted by Gasteiger charge is -2.12. The summed E-state index contributed by atoms with van der Waals surface area (Å²) in [6, 6.07) is 4.80. The molecule has 82 valence electrons. The van der Waals surface area contributed by atoms with Crippen LogP contribution in [0.2, 0.25) is 5.02 Å². The molecule has 1 unspecified atom stereocenters. The molecular weight excluding hydrogens is 220 g/mol. The summed E-state index contributed by atoms with van der Waals surface area (Å²) in [7, 11) is 2.65. The Bertz CT molecular complexity index is 364. The monoisotopic (exact) mass is 230 g/mol. The first kappa shape index (κ1) is 11.8. The second-order valence-corrected chi connectivity index (χ2v) is 3.17. The highest BCUT2D eigenvalue weighted by Gasteiger charge is 2.22. The standard InChI is InChI=1S/C10H11ClO4/c1-14-7-5-3-4-6(8(7)11)9(12)10(13)15-2/h3-5,9,12H,1-2H3. The first-order valence-corrected chi connectivity index (χ1v) is 4.58. The number of aliphatic hydroxyl groups excluding tert-OH is 1. The number of carbonyl (C=O) groups excluding carboxylic acids is 1. The number of benzene rings is 1. The summed E-state index contributed by atoms with van der Waals surface area (Å²) in [6.45, 7) is 0. The maximum absolute atomic E-state index is 11.1. The van der Waals surface area contributed by atoms with Gasteiger partial charge in [0.15, 0.2) is 6.10 Å². The Balaban J connectivity index is 3.09. The first-order valence-electron chi connectivity index (χ1n) is 4.20. The topological polar surface area (TPSA) is 55.8 Å². The van der Waals surface area contributed by atoms with Gasteiger partial charge in [-0.1, -0.05) is 23.7 Å². The minimum atomic E-state index is -1.39. The fraction of sp³-hybridized carbons (Fsp3) is 0.300. The molecule has 15 heavy (non-hydrogen) atoms. The van der Waals surface area contributed by atoms with Crippen molar-refractivity contribution in [2.75, 3.05) is 14.2 Å². The van der Waals surface area contributed by atoms with Crippen molar-refractivity contribution in [2.45, 2.75) is 6.10 Å². The van der Waals surface area contributed by atoms with Gasteiger partial charge in [0.1, 0.15) is 5.75 Å². The van der Waals surface area contributed by atoms with Crippen molar-refractivity contribution < 1.29 is 19.4 Å². The smallest absolute Gasteiger partial charge is 0.339 e. The summed E-state index contributed by atoms with van der Waals surface area (Å²) in [4.78, 5) is 11.1. The van der Waals surface area contributed by atoms with Gasteiger partial charge in [0, 0.05) is 5.56 Å². The zero-order valence-corrected chi connectivity index (χ0v) is 9.12. The zero-order valence-electron chi connectivity index (χ0n) is 8.36. The van der Waals surface area contributed by atoms with Crippen LogP contribution in [-0.4, -0.2) is 25.3 Å². The van der Waals surface area contributed by atoms with E-state index in [0.717, 1.165) is 0 Å². The van der Waals surface area contributed by atoms with Gasteiger partial charge >= 0.3 is 5.97 Å². The van der Waals surface area contributed by atoms with Crippen molar-refractivity contribution in [3.63, 3.8) is 0 Å². The molecule has 1 aromatic carbocycles. The van der Waals surface area contributed by atoms with Crippen molar-refractivity contribution in [3.8, 4) is 5.75 Å². The molecular formula is C10H11ClO4. The summed E-state index contributed by atoms with van der Waals surface area (Å²) in [5, 5.41) is 9.78. The maximum Gasteiger partial charge on any atom is 0.339 e. The number of carbonyl (C=O) groups is 1. The van der Waals surface area contributed by atoms with E-state index in [1.165, 1.54) is 20.3 Å². The van der Waals surface area contributed by atoms with Gasteiger partial charge in [0.05, 0.1) is 19.2 Å². The lowest BCUT2D eigenvalue weighted by molar-refractivity contribution is -0.150. The van der Waals surface area contributed by atoms with Gasteiger partial charge < -0.3 is 14.6 Å². The van der Waals surface area contributed by atoms with Gasteiger partial charge in [0.25, 0.3) is 0 Å².